The molecule has 0 aliphatic heterocycles. The van der Waals surface area contributed by atoms with Gasteiger partial charge in [-0.15, -0.1) is 0 Å². The second kappa shape index (κ2) is 5.74. The minimum Gasteiger partial charge on any atom is -0.497 e. The van der Waals surface area contributed by atoms with Crippen molar-refractivity contribution in [1.82, 2.24) is 5.32 Å². The molecule has 0 amide bonds. The van der Waals surface area contributed by atoms with Crippen molar-refractivity contribution in [2.75, 3.05) is 14.2 Å². The van der Waals surface area contributed by atoms with Crippen molar-refractivity contribution in [3.63, 3.8) is 0 Å². The van der Waals surface area contributed by atoms with Crippen molar-refractivity contribution < 1.29 is 9.47 Å². The summed E-state index contributed by atoms with van der Waals surface area (Å²) in [6.07, 6.45) is 0. The monoisotopic (exact) mass is 248 g/mol. The Balaban J connectivity index is 3.15. The molecule has 1 aromatic carbocycles. The Kier molecular flexibility index (Phi) is 4.57. The number of nitrogens with zero attached hydrogens (tertiary/aromatic N) is 1. The Hall–Kier alpha value is -1.73. The van der Waals surface area contributed by atoms with Crippen molar-refractivity contribution >= 4 is 0 Å². The van der Waals surface area contributed by atoms with Gasteiger partial charge in [-0.2, -0.15) is 5.26 Å². The molecule has 0 aromatic heterocycles. The van der Waals surface area contributed by atoms with Gasteiger partial charge in [0, 0.05) is 11.1 Å². The Labute approximate surface area is 109 Å². The smallest absolute Gasteiger partial charge is 0.125 e. The number of hydrogen-bond acceptors (Lipinski definition) is 4. The normalized spacial score (nSPS) is 12.7. The third-order valence-corrected chi connectivity index (χ3v) is 2.45. The number of rotatable bonds is 4. The molecule has 1 aromatic rings. The van der Waals surface area contributed by atoms with Gasteiger partial charge in [-0.25, -0.2) is 0 Å². The van der Waals surface area contributed by atoms with Crippen LogP contribution in [0.5, 0.6) is 11.5 Å². The fourth-order valence-corrected chi connectivity index (χ4v) is 1.68. The molecule has 0 bridgehead atoms. The maximum Gasteiger partial charge on any atom is 0.125 e. The Morgan fingerprint density at radius 1 is 1.22 bits per heavy atom. The van der Waals surface area contributed by atoms with E-state index in [4.69, 9.17) is 9.47 Å². The molecular formula is C14H20N2O2. The van der Waals surface area contributed by atoms with Crippen LogP contribution in [0.4, 0.5) is 0 Å². The fourth-order valence-electron chi connectivity index (χ4n) is 1.68. The van der Waals surface area contributed by atoms with E-state index >= 15 is 0 Å². The third-order valence-electron chi connectivity index (χ3n) is 2.45. The molecule has 0 aliphatic rings. The lowest BCUT2D eigenvalue weighted by atomic mass is 10.0. The van der Waals surface area contributed by atoms with Crippen molar-refractivity contribution in [3.05, 3.63) is 23.8 Å². The van der Waals surface area contributed by atoms with Crippen LogP contribution < -0.4 is 14.8 Å². The number of ether oxygens (including phenoxy) is 2. The van der Waals surface area contributed by atoms with Crippen molar-refractivity contribution in [2.24, 2.45) is 0 Å². The van der Waals surface area contributed by atoms with Gasteiger partial charge in [0.05, 0.1) is 20.3 Å². The Morgan fingerprint density at radius 2 is 1.89 bits per heavy atom. The van der Waals surface area contributed by atoms with Gasteiger partial charge in [-0.3, -0.25) is 5.32 Å². The molecule has 1 atom stereocenters. The summed E-state index contributed by atoms with van der Waals surface area (Å²) in [5.41, 5.74) is 0.628. The summed E-state index contributed by atoms with van der Waals surface area (Å²) in [6.45, 7) is 6.05. The van der Waals surface area contributed by atoms with Gasteiger partial charge in [-0.1, -0.05) is 0 Å². The standard InChI is InChI=1S/C14H20N2O2/c1-14(2,3)16-12(9-15)11-8-10(17-4)6-7-13(11)18-5/h6-8,12,16H,1-5H3. The summed E-state index contributed by atoms with van der Waals surface area (Å²) in [6, 6.07) is 7.27. The van der Waals surface area contributed by atoms with Gasteiger partial charge >= 0.3 is 0 Å². The zero-order valence-electron chi connectivity index (χ0n) is 11.6. The van der Waals surface area contributed by atoms with Crippen LogP contribution in [0.3, 0.4) is 0 Å². The molecule has 0 saturated carbocycles. The minimum atomic E-state index is -0.435. The summed E-state index contributed by atoms with van der Waals surface area (Å²) >= 11 is 0. The second-order valence-electron chi connectivity index (χ2n) is 5.06. The minimum absolute atomic E-state index is 0.158. The lowest BCUT2D eigenvalue weighted by molar-refractivity contribution is 0.372. The molecule has 0 heterocycles. The van der Waals surface area contributed by atoms with Gasteiger partial charge in [0.15, 0.2) is 0 Å². The zero-order valence-corrected chi connectivity index (χ0v) is 11.6. The van der Waals surface area contributed by atoms with Crippen LogP contribution in [0.25, 0.3) is 0 Å². The van der Waals surface area contributed by atoms with Gasteiger partial charge < -0.3 is 9.47 Å². The molecule has 0 fully saturated rings. The lowest BCUT2D eigenvalue weighted by Crippen LogP contribution is -2.38. The Bertz CT molecular complexity index is 444. The van der Waals surface area contributed by atoms with Crippen molar-refractivity contribution in [2.45, 2.75) is 32.4 Å². The molecule has 0 saturated heterocycles. The molecule has 0 spiro atoms. The van der Waals surface area contributed by atoms with Crippen LogP contribution in [0.2, 0.25) is 0 Å². The van der Waals surface area contributed by atoms with Gasteiger partial charge in [0.25, 0.3) is 0 Å². The molecular weight excluding hydrogens is 228 g/mol. The molecule has 1 N–H and O–H groups in total. The largest absolute Gasteiger partial charge is 0.497 e. The first-order valence-electron chi connectivity index (χ1n) is 5.80. The first kappa shape index (κ1) is 14.3. The summed E-state index contributed by atoms with van der Waals surface area (Å²) in [5, 5.41) is 12.6. The Morgan fingerprint density at radius 3 is 2.33 bits per heavy atom. The van der Waals surface area contributed by atoms with E-state index in [0.717, 1.165) is 5.56 Å². The maximum atomic E-state index is 9.32. The quantitative estimate of drug-likeness (QED) is 0.890. The molecule has 0 radical (unpaired) electrons. The molecule has 4 nitrogen and oxygen atoms in total. The van der Waals surface area contributed by atoms with E-state index in [2.05, 4.69) is 11.4 Å². The maximum absolute atomic E-state index is 9.32. The van der Waals surface area contributed by atoms with Crippen LogP contribution in [-0.4, -0.2) is 19.8 Å². The van der Waals surface area contributed by atoms with E-state index in [9.17, 15) is 5.26 Å². The second-order valence-corrected chi connectivity index (χ2v) is 5.06. The van der Waals surface area contributed by atoms with E-state index in [1.807, 2.05) is 39.0 Å². The van der Waals surface area contributed by atoms with Crippen LogP contribution in [0.15, 0.2) is 18.2 Å². The molecule has 0 aliphatic carbocycles. The highest BCUT2D eigenvalue weighted by Gasteiger charge is 2.21. The molecule has 1 unspecified atom stereocenters. The van der Waals surface area contributed by atoms with Crippen LogP contribution in [-0.2, 0) is 0 Å². The molecule has 1 rings (SSSR count). The van der Waals surface area contributed by atoms with Crippen molar-refractivity contribution in [3.8, 4) is 17.6 Å². The summed E-state index contributed by atoms with van der Waals surface area (Å²) < 4.78 is 10.5. The van der Waals surface area contributed by atoms with E-state index in [0.29, 0.717) is 11.5 Å². The molecule has 4 heteroatoms. The highest BCUT2D eigenvalue weighted by atomic mass is 16.5. The number of nitrogens with one attached hydrogen (secondary N) is 1. The number of methoxy groups -OCH3 is 2. The van der Waals surface area contributed by atoms with Crippen LogP contribution >= 0.6 is 0 Å². The SMILES string of the molecule is COc1ccc(OC)c(C(C#N)NC(C)(C)C)c1. The van der Waals surface area contributed by atoms with E-state index in [1.54, 1.807) is 14.2 Å². The number of hydrogen-bond donors (Lipinski definition) is 1. The van der Waals surface area contributed by atoms with Crippen molar-refractivity contribution in [1.29, 1.82) is 5.26 Å². The van der Waals surface area contributed by atoms with Gasteiger partial charge in [0.2, 0.25) is 0 Å². The van der Waals surface area contributed by atoms with E-state index < -0.39 is 6.04 Å². The third kappa shape index (κ3) is 3.64. The fraction of sp³-hybridized carbons (Fsp3) is 0.500. The molecule has 18 heavy (non-hydrogen) atoms. The first-order valence-corrected chi connectivity index (χ1v) is 5.80. The highest BCUT2D eigenvalue weighted by Crippen LogP contribution is 2.30. The topological polar surface area (TPSA) is 54.3 Å². The first-order chi connectivity index (χ1) is 8.41. The lowest BCUT2D eigenvalue weighted by Gasteiger charge is -2.25. The average Bonchev–Trinajstić information content (AvgIpc) is 2.34. The summed E-state index contributed by atoms with van der Waals surface area (Å²) in [7, 11) is 3.20. The number of nitriles is 1. The molecule has 98 valence electrons. The van der Waals surface area contributed by atoms with E-state index in [-0.39, 0.29) is 5.54 Å². The summed E-state index contributed by atoms with van der Waals surface area (Å²) in [4.78, 5) is 0. The van der Waals surface area contributed by atoms with Crippen LogP contribution in [0, 0.1) is 11.3 Å². The van der Waals surface area contributed by atoms with E-state index in [1.165, 1.54) is 0 Å². The predicted octanol–water partition coefficient (Wildman–Crippen LogP) is 2.66. The van der Waals surface area contributed by atoms with Gasteiger partial charge in [-0.05, 0) is 39.0 Å². The highest BCUT2D eigenvalue weighted by molar-refractivity contribution is 5.44. The van der Waals surface area contributed by atoms with Crippen LogP contribution in [0.1, 0.15) is 32.4 Å². The summed E-state index contributed by atoms with van der Waals surface area (Å²) in [5.74, 6) is 1.39. The van der Waals surface area contributed by atoms with Gasteiger partial charge in [0.1, 0.15) is 17.5 Å². The average molecular weight is 248 g/mol. The predicted molar refractivity (Wildman–Crippen MR) is 70.8 cm³/mol. The zero-order chi connectivity index (χ0) is 13.8. The number of benzene rings is 1.